The first-order valence-electron chi connectivity index (χ1n) is 9.63. The third-order valence-electron chi connectivity index (χ3n) is 4.62. The Morgan fingerprint density at radius 2 is 1.92 bits per heavy atom. The summed E-state index contributed by atoms with van der Waals surface area (Å²) in [5.74, 6) is 1.83. The summed E-state index contributed by atoms with van der Waals surface area (Å²) in [7, 11) is 0. The highest BCUT2D eigenvalue weighted by Gasteiger charge is 2.21. The largest absolute Gasteiger partial charge is 0.494 e. The molecule has 5 nitrogen and oxygen atoms in total. The SMILES string of the molecule is CCNC(=NCc1ccccc1OCC)NC1CCN(C(C)C)CC1.I. The molecule has 6 heteroatoms. The molecule has 1 aliphatic rings. The summed E-state index contributed by atoms with van der Waals surface area (Å²) in [5, 5.41) is 6.98. The van der Waals surface area contributed by atoms with Gasteiger partial charge in [-0.2, -0.15) is 0 Å². The van der Waals surface area contributed by atoms with Gasteiger partial charge in [0.2, 0.25) is 0 Å². The predicted octanol–water partition coefficient (Wildman–Crippen LogP) is 3.63. The van der Waals surface area contributed by atoms with E-state index in [1.165, 1.54) is 0 Å². The van der Waals surface area contributed by atoms with E-state index in [1.807, 2.05) is 25.1 Å². The molecule has 2 N–H and O–H groups in total. The van der Waals surface area contributed by atoms with E-state index >= 15 is 0 Å². The Labute approximate surface area is 176 Å². The number of rotatable bonds is 7. The Morgan fingerprint density at radius 3 is 2.54 bits per heavy atom. The fourth-order valence-electron chi connectivity index (χ4n) is 3.17. The normalized spacial score (nSPS) is 16.3. The molecular weight excluding hydrogens is 439 g/mol. The summed E-state index contributed by atoms with van der Waals surface area (Å²) < 4.78 is 5.70. The second-order valence-electron chi connectivity index (χ2n) is 6.78. The number of hydrogen-bond donors (Lipinski definition) is 2. The first-order valence-corrected chi connectivity index (χ1v) is 9.63. The van der Waals surface area contributed by atoms with Crippen molar-refractivity contribution in [1.29, 1.82) is 0 Å². The Bertz CT molecular complexity index is 542. The number of aliphatic imine (C=N–C) groups is 1. The second-order valence-corrected chi connectivity index (χ2v) is 6.78. The Morgan fingerprint density at radius 1 is 1.23 bits per heavy atom. The van der Waals surface area contributed by atoms with Gasteiger partial charge in [-0.25, -0.2) is 4.99 Å². The van der Waals surface area contributed by atoms with Gasteiger partial charge in [-0.15, -0.1) is 24.0 Å². The lowest BCUT2D eigenvalue weighted by molar-refractivity contribution is 0.167. The van der Waals surface area contributed by atoms with Gasteiger partial charge >= 0.3 is 0 Å². The quantitative estimate of drug-likeness (QED) is 0.360. The van der Waals surface area contributed by atoms with Crippen LogP contribution in [0.1, 0.15) is 46.1 Å². The molecule has 26 heavy (non-hydrogen) atoms. The summed E-state index contributed by atoms with van der Waals surface area (Å²) >= 11 is 0. The van der Waals surface area contributed by atoms with Crippen LogP contribution in [0.15, 0.2) is 29.3 Å². The lowest BCUT2D eigenvalue weighted by Crippen LogP contribution is -2.49. The van der Waals surface area contributed by atoms with Crippen molar-refractivity contribution in [3.8, 4) is 5.75 Å². The van der Waals surface area contributed by atoms with Crippen LogP contribution in [-0.2, 0) is 6.54 Å². The molecular formula is C20H35IN4O. The average Bonchev–Trinajstić information content (AvgIpc) is 2.61. The molecule has 1 saturated heterocycles. The standard InChI is InChI=1S/C20H34N4O.HI/c1-5-21-20(23-18-11-13-24(14-12-18)16(3)4)22-15-17-9-7-8-10-19(17)25-6-2;/h7-10,16,18H,5-6,11-15H2,1-4H3,(H2,21,22,23);1H. The van der Waals surface area contributed by atoms with Gasteiger partial charge in [0, 0.05) is 37.3 Å². The van der Waals surface area contributed by atoms with Gasteiger partial charge in [0.05, 0.1) is 13.2 Å². The molecule has 0 atom stereocenters. The molecule has 1 aromatic carbocycles. The number of para-hydroxylation sites is 1. The van der Waals surface area contributed by atoms with Gasteiger partial charge in [-0.3, -0.25) is 0 Å². The van der Waals surface area contributed by atoms with Crippen molar-refractivity contribution >= 4 is 29.9 Å². The summed E-state index contributed by atoms with van der Waals surface area (Å²) in [6.07, 6.45) is 2.33. The summed E-state index contributed by atoms with van der Waals surface area (Å²) in [6.45, 7) is 13.1. The third kappa shape index (κ3) is 7.31. The Kier molecular flexibility index (Phi) is 11.0. The fraction of sp³-hybridized carbons (Fsp3) is 0.650. The molecule has 0 spiro atoms. The Balaban J connectivity index is 0.00000338. The van der Waals surface area contributed by atoms with Crippen molar-refractivity contribution in [3.63, 3.8) is 0 Å². The van der Waals surface area contributed by atoms with Crippen LogP contribution in [-0.4, -0.2) is 49.2 Å². The van der Waals surface area contributed by atoms with Crippen LogP contribution >= 0.6 is 24.0 Å². The molecule has 1 aromatic rings. The van der Waals surface area contributed by atoms with Crippen molar-refractivity contribution in [2.75, 3.05) is 26.2 Å². The van der Waals surface area contributed by atoms with Crippen LogP contribution in [0.4, 0.5) is 0 Å². The van der Waals surface area contributed by atoms with Crippen molar-refractivity contribution < 1.29 is 4.74 Å². The molecule has 1 fully saturated rings. The number of halogens is 1. The Hall–Kier alpha value is -1.02. The molecule has 1 heterocycles. The van der Waals surface area contributed by atoms with Gasteiger partial charge in [-0.05, 0) is 46.6 Å². The van der Waals surface area contributed by atoms with Crippen molar-refractivity contribution in [2.24, 2.45) is 4.99 Å². The van der Waals surface area contributed by atoms with Crippen LogP contribution in [0.2, 0.25) is 0 Å². The topological polar surface area (TPSA) is 48.9 Å². The first-order chi connectivity index (χ1) is 12.1. The minimum atomic E-state index is 0. The van der Waals surface area contributed by atoms with Crippen molar-refractivity contribution in [3.05, 3.63) is 29.8 Å². The fourth-order valence-corrected chi connectivity index (χ4v) is 3.17. The molecule has 0 aliphatic carbocycles. The summed E-state index contributed by atoms with van der Waals surface area (Å²) in [4.78, 5) is 7.32. The van der Waals surface area contributed by atoms with Crippen LogP contribution in [0.5, 0.6) is 5.75 Å². The molecule has 0 amide bonds. The highest BCUT2D eigenvalue weighted by molar-refractivity contribution is 14.0. The van der Waals surface area contributed by atoms with E-state index < -0.39 is 0 Å². The van der Waals surface area contributed by atoms with E-state index in [2.05, 4.69) is 42.4 Å². The third-order valence-corrected chi connectivity index (χ3v) is 4.62. The monoisotopic (exact) mass is 474 g/mol. The average molecular weight is 474 g/mol. The number of benzene rings is 1. The molecule has 0 radical (unpaired) electrons. The minimum absolute atomic E-state index is 0. The molecule has 2 rings (SSSR count). The van der Waals surface area contributed by atoms with Crippen LogP contribution < -0.4 is 15.4 Å². The molecule has 1 aliphatic heterocycles. The number of piperidine rings is 1. The molecule has 0 saturated carbocycles. The highest BCUT2D eigenvalue weighted by Crippen LogP contribution is 2.19. The zero-order valence-corrected chi connectivity index (χ0v) is 19.0. The van der Waals surface area contributed by atoms with E-state index in [0.717, 1.165) is 49.7 Å². The minimum Gasteiger partial charge on any atom is -0.494 e. The second kappa shape index (κ2) is 12.4. The van der Waals surface area contributed by atoms with E-state index in [-0.39, 0.29) is 24.0 Å². The van der Waals surface area contributed by atoms with Crippen molar-refractivity contribution in [1.82, 2.24) is 15.5 Å². The molecule has 0 bridgehead atoms. The molecule has 148 valence electrons. The lowest BCUT2D eigenvalue weighted by Gasteiger charge is -2.35. The van der Waals surface area contributed by atoms with E-state index in [1.54, 1.807) is 0 Å². The maximum Gasteiger partial charge on any atom is 0.191 e. The smallest absolute Gasteiger partial charge is 0.191 e. The van der Waals surface area contributed by atoms with E-state index in [4.69, 9.17) is 9.73 Å². The van der Waals surface area contributed by atoms with E-state index in [0.29, 0.717) is 25.2 Å². The molecule has 0 unspecified atom stereocenters. The predicted molar refractivity (Wildman–Crippen MR) is 121 cm³/mol. The highest BCUT2D eigenvalue weighted by atomic mass is 127. The summed E-state index contributed by atoms with van der Waals surface area (Å²) in [6, 6.07) is 9.27. The van der Waals surface area contributed by atoms with Gasteiger partial charge in [0.25, 0.3) is 0 Å². The number of ether oxygens (including phenoxy) is 1. The maximum atomic E-state index is 5.70. The maximum absolute atomic E-state index is 5.70. The number of guanidine groups is 1. The number of hydrogen-bond acceptors (Lipinski definition) is 3. The van der Waals surface area contributed by atoms with Gasteiger partial charge in [-0.1, -0.05) is 18.2 Å². The van der Waals surface area contributed by atoms with Gasteiger partial charge < -0.3 is 20.3 Å². The van der Waals surface area contributed by atoms with Gasteiger partial charge in [0.1, 0.15) is 5.75 Å². The first kappa shape index (κ1) is 23.0. The van der Waals surface area contributed by atoms with Crippen LogP contribution in [0.25, 0.3) is 0 Å². The number of likely N-dealkylation sites (tertiary alicyclic amines) is 1. The zero-order valence-electron chi connectivity index (χ0n) is 16.6. The van der Waals surface area contributed by atoms with Crippen LogP contribution in [0.3, 0.4) is 0 Å². The van der Waals surface area contributed by atoms with Crippen molar-refractivity contribution in [2.45, 2.75) is 59.2 Å². The summed E-state index contributed by atoms with van der Waals surface area (Å²) in [5.41, 5.74) is 1.12. The molecule has 0 aromatic heterocycles. The van der Waals surface area contributed by atoms with Crippen LogP contribution in [0, 0.1) is 0 Å². The lowest BCUT2D eigenvalue weighted by atomic mass is 10.0. The number of nitrogens with zero attached hydrogens (tertiary/aromatic N) is 2. The zero-order chi connectivity index (χ0) is 18.1. The van der Waals surface area contributed by atoms with Gasteiger partial charge in [0.15, 0.2) is 5.96 Å². The number of nitrogens with one attached hydrogen (secondary N) is 2. The van der Waals surface area contributed by atoms with E-state index in [9.17, 15) is 0 Å².